The number of anilines is 3. The lowest BCUT2D eigenvalue weighted by molar-refractivity contribution is 0.632. The van der Waals surface area contributed by atoms with Gasteiger partial charge in [0.2, 0.25) is 5.71 Å². The van der Waals surface area contributed by atoms with Crippen LogP contribution < -0.4 is 15.8 Å². The fourth-order valence-electron chi connectivity index (χ4n) is 7.91. The molecule has 44 heavy (non-hydrogen) atoms. The van der Waals surface area contributed by atoms with E-state index in [1.54, 1.807) is 0 Å². The summed E-state index contributed by atoms with van der Waals surface area (Å²) in [5.74, 6) is 0. The molecule has 0 bridgehead atoms. The van der Waals surface area contributed by atoms with Crippen molar-refractivity contribution in [2.45, 2.75) is 51.9 Å². The van der Waals surface area contributed by atoms with Crippen LogP contribution in [-0.4, -0.2) is 12.3 Å². The molecule has 9 rings (SSSR count). The quantitative estimate of drug-likeness (QED) is 0.165. The maximum Gasteiger partial charge on any atom is 0.206 e. The van der Waals surface area contributed by atoms with E-state index in [4.69, 9.17) is 4.42 Å². The van der Waals surface area contributed by atoms with Crippen molar-refractivity contribution in [2.75, 3.05) is 4.90 Å². The summed E-state index contributed by atoms with van der Waals surface area (Å²) in [4.78, 5) is 6.27. The Balaban J connectivity index is 1.33. The third-order valence-electron chi connectivity index (χ3n) is 10.1. The highest BCUT2D eigenvalue weighted by Gasteiger charge is 2.41. The normalized spacial score (nSPS) is 14.5. The first-order valence-corrected chi connectivity index (χ1v) is 16.0. The number of fused-ring (bicyclic) bond motifs is 9. The molecule has 4 heteroatoms. The van der Waals surface area contributed by atoms with Gasteiger partial charge in [0.15, 0.2) is 7.28 Å². The van der Waals surface area contributed by atoms with Crippen LogP contribution in [0.15, 0.2) is 101 Å². The molecule has 2 aliphatic rings. The second-order valence-electron chi connectivity index (χ2n) is 13.1. The molecule has 5 aromatic carbocycles. The average molecular weight is 570 g/mol. The van der Waals surface area contributed by atoms with Crippen molar-refractivity contribution < 1.29 is 4.42 Å². The number of unbranched alkanes of at least 4 members (excludes halogenated alkanes) is 2. The fraction of sp³-hybridized carbons (Fsp3) is 0.200. The molecule has 3 nitrogen and oxygen atoms in total. The van der Waals surface area contributed by atoms with Gasteiger partial charge in [-0.2, -0.15) is 0 Å². The molecular weight excluding hydrogens is 535 g/mol. The topological polar surface area (TPSA) is 32.2 Å². The molecule has 0 saturated heterocycles. The van der Waals surface area contributed by atoms with Crippen LogP contribution in [0.25, 0.3) is 44.1 Å². The minimum Gasteiger partial charge on any atom is -0.440 e. The summed E-state index contributed by atoms with van der Waals surface area (Å²) in [5, 5.41) is 3.52. The van der Waals surface area contributed by atoms with Gasteiger partial charge < -0.3 is 14.3 Å². The maximum absolute atomic E-state index is 6.32. The molecule has 0 spiro atoms. The molecule has 7 aromatic rings. The van der Waals surface area contributed by atoms with E-state index in [2.05, 4.69) is 123 Å². The van der Waals surface area contributed by atoms with Crippen molar-refractivity contribution in [3.8, 4) is 11.1 Å². The van der Waals surface area contributed by atoms with E-state index in [9.17, 15) is 0 Å². The van der Waals surface area contributed by atoms with Gasteiger partial charge in [-0.3, -0.25) is 0 Å². The van der Waals surface area contributed by atoms with E-state index >= 15 is 0 Å². The lowest BCUT2D eigenvalue weighted by atomic mass is 9.55. The highest BCUT2D eigenvalue weighted by Crippen LogP contribution is 2.52. The Morgan fingerprint density at radius 1 is 0.773 bits per heavy atom. The zero-order valence-corrected chi connectivity index (χ0v) is 25.5. The third kappa shape index (κ3) is 3.51. The van der Waals surface area contributed by atoms with E-state index in [0.29, 0.717) is 0 Å². The summed E-state index contributed by atoms with van der Waals surface area (Å²) in [6.45, 7) is 7.02. The summed E-state index contributed by atoms with van der Waals surface area (Å²) in [5.41, 5.74) is 15.9. The van der Waals surface area contributed by atoms with E-state index in [1.807, 2.05) is 12.1 Å². The van der Waals surface area contributed by atoms with Crippen LogP contribution in [0.4, 0.5) is 17.1 Å². The summed E-state index contributed by atoms with van der Waals surface area (Å²) in [7, 11) is 2.43. The van der Waals surface area contributed by atoms with Crippen LogP contribution >= 0.6 is 0 Å². The number of rotatable bonds is 5. The summed E-state index contributed by atoms with van der Waals surface area (Å²) in [6, 6.07) is 35.8. The molecule has 0 fully saturated rings. The lowest BCUT2D eigenvalue weighted by Crippen LogP contribution is -2.45. The number of para-hydroxylation sites is 4. The molecule has 2 aliphatic heterocycles. The van der Waals surface area contributed by atoms with Gasteiger partial charge in [-0.15, -0.1) is 0 Å². The first-order chi connectivity index (χ1) is 21.5. The number of hydrogen-bond donors (Lipinski definition) is 1. The Bertz CT molecular complexity index is 2270. The van der Waals surface area contributed by atoms with Crippen LogP contribution in [0, 0.1) is 0 Å². The number of hydrogen-bond acceptors (Lipinski definition) is 2. The molecule has 4 heterocycles. The molecule has 0 atom stereocenters. The van der Waals surface area contributed by atoms with Gasteiger partial charge in [0, 0.05) is 33.1 Å². The summed E-state index contributed by atoms with van der Waals surface area (Å²) in [6.07, 6.45) is 4.71. The fourth-order valence-corrected chi connectivity index (χ4v) is 7.91. The SMILES string of the molecule is CCCCCc1cc(-c2cccc3c2[nH]c2oc4ccccc4c23)c2c(c1)N1c3ccccc3C(C)(C)c3cccc(c31)[B]2. The molecule has 0 aliphatic carbocycles. The van der Waals surface area contributed by atoms with Gasteiger partial charge >= 0.3 is 0 Å². The Morgan fingerprint density at radius 3 is 2.48 bits per heavy atom. The Labute approximate surface area is 258 Å². The maximum atomic E-state index is 6.32. The first-order valence-electron chi connectivity index (χ1n) is 16.0. The largest absolute Gasteiger partial charge is 0.440 e. The minimum absolute atomic E-state index is 0.0853. The number of aromatic nitrogens is 1. The van der Waals surface area contributed by atoms with Gasteiger partial charge in [-0.05, 0) is 58.8 Å². The predicted octanol–water partition coefficient (Wildman–Crippen LogP) is 9.54. The molecule has 213 valence electrons. The van der Waals surface area contributed by atoms with Crippen molar-refractivity contribution in [1.82, 2.24) is 4.98 Å². The average Bonchev–Trinajstić information content (AvgIpc) is 3.59. The number of aryl methyl sites for hydroxylation is 1. The second-order valence-corrected chi connectivity index (χ2v) is 13.1. The Kier molecular flexibility index (Phi) is 5.51. The van der Waals surface area contributed by atoms with E-state index in [-0.39, 0.29) is 5.41 Å². The van der Waals surface area contributed by atoms with Crippen LogP contribution in [0.3, 0.4) is 0 Å². The van der Waals surface area contributed by atoms with Gasteiger partial charge in [0.1, 0.15) is 5.58 Å². The second kappa shape index (κ2) is 9.40. The lowest BCUT2D eigenvalue weighted by Gasteiger charge is -2.46. The van der Waals surface area contributed by atoms with Crippen LogP contribution in [0.2, 0.25) is 0 Å². The smallest absolute Gasteiger partial charge is 0.206 e. The van der Waals surface area contributed by atoms with Crippen molar-refractivity contribution >= 4 is 68.2 Å². The Hall–Kier alpha value is -4.70. The van der Waals surface area contributed by atoms with Crippen LogP contribution in [0.1, 0.15) is 56.7 Å². The number of aromatic amines is 1. The third-order valence-corrected chi connectivity index (χ3v) is 10.1. The molecule has 0 saturated carbocycles. The van der Waals surface area contributed by atoms with Gasteiger partial charge in [0.05, 0.1) is 16.6 Å². The Morgan fingerprint density at radius 2 is 1.57 bits per heavy atom. The molecule has 1 N–H and O–H groups in total. The highest BCUT2D eigenvalue weighted by atomic mass is 16.3. The molecule has 1 radical (unpaired) electrons. The van der Waals surface area contributed by atoms with Crippen molar-refractivity contribution in [2.24, 2.45) is 0 Å². The van der Waals surface area contributed by atoms with E-state index in [0.717, 1.165) is 34.0 Å². The van der Waals surface area contributed by atoms with Crippen molar-refractivity contribution in [1.29, 1.82) is 0 Å². The van der Waals surface area contributed by atoms with Gasteiger partial charge in [-0.1, -0.05) is 118 Å². The monoisotopic (exact) mass is 569 g/mol. The van der Waals surface area contributed by atoms with Crippen molar-refractivity contribution in [3.63, 3.8) is 0 Å². The van der Waals surface area contributed by atoms with Gasteiger partial charge in [-0.25, -0.2) is 0 Å². The van der Waals surface area contributed by atoms with E-state index in [1.165, 1.54) is 80.5 Å². The molecular formula is C40H34BN2O. The number of furan rings is 1. The number of H-pyrrole nitrogens is 1. The molecule has 0 unspecified atom stereocenters. The van der Waals surface area contributed by atoms with Gasteiger partial charge in [0.25, 0.3) is 0 Å². The number of nitrogens with zero attached hydrogens (tertiary/aromatic N) is 1. The molecule has 2 aromatic heterocycles. The van der Waals surface area contributed by atoms with E-state index < -0.39 is 0 Å². The summed E-state index contributed by atoms with van der Waals surface area (Å²) >= 11 is 0. The van der Waals surface area contributed by atoms with Crippen molar-refractivity contribution in [3.05, 3.63) is 114 Å². The standard InChI is InChI=1S/C40H34BN2O/c1-4-5-6-13-24-22-28(25-15-11-16-27-35-26-14-7-10-21-34(26)44-39(35)42-37(25)27)36-33(23-24)43-32-20-9-8-17-29(32)40(2,3)30-18-12-19-31(41-36)38(30)43/h7-12,14-23,42H,4-6,13H2,1-3H3. The number of benzene rings is 5. The zero-order valence-electron chi connectivity index (χ0n) is 25.5. The molecule has 0 amide bonds. The van der Waals surface area contributed by atoms with Crippen LogP contribution in [0.5, 0.6) is 0 Å². The zero-order chi connectivity index (χ0) is 29.6. The van der Waals surface area contributed by atoms with Crippen LogP contribution in [-0.2, 0) is 11.8 Å². The highest BCUT2D eigenvalue weighted by molar-refractivity contribution is 6.73. The summed E-state index contributed by atoms with van der Waals surface area (Å²) < 4.78 is 6.32. The minimum atomic E-state index is -0.0853. The first kappa shape index (κ1) is 25.8. The number of nitrogens with one attached hydrogen (secondary N) is 1. The predicted molar refractivity (Wildman–Crippen MR) is 186 cm³/mol.